The summed E-state index contributed by atoms with van der Waals surface area (Å²) in [5.41, 5.74) is 1.83. The van der Waals surface area contributed by atoms with Crippen LogP contribution in [0.1, 0.15) is 12.0 Å². The quantitative estimate of drug-likeness (QED) is 0.855. The molecule has 0 aromatic heterocycles. The van der Waals surface area contributed by atoms with Crippen LogP contribution in [0.5, 0.6) is 11.5 Å². The number of urea groups is 1. The Kier molecular flexibility index (Phi) is 5.78. The molecule has 28 heavy (non-hydrogen) atoms. The van der Waals surface area contributed by atoms with Gasteiger partial charge in [0.05, 0.1) is 5.69 Å². The number of amides is 2. The smallest absolute Gasteiger partial charge is 0.322 e. The molecule has 6 heteroatoms. The van der Waals surface area contributed by atoms with Gasteiger partial charge >= 0.3 is 6.03 Å². The molecule has 2 aliphatic heterocycles. The summed E-state index contributed by atoms with van der Waals surface area (Å²) >= 11 is 0. The molecule has 2 saturated heterocycles. The second-order valence-corrected chi connectivity index (χ2v) is 7.52. The molecule has 148 valence electrons. The zero-order chi connectivity index (χ0) is 19.3. The van der Waals surface area contributed by atoms with Crippen molar-refractivity contribution in [3.63, 3.8) is 0 Å². The average Bonchev–Trinajstić information content (AvgIpc) is 3.21. The average molecular weight is 380 g/mol. The highest BCUT2D eigenvalue weighted by Gasteiger charge is 2.31. The Labute approximate surface area is 166 Å². The molecule has 2 aliphatic rings. The number of aryl methyl sites for hydroxylation is 1. The molecular formula is C22H28N4O2. The summed E-state index contributed by atoms with van der Waals surface area (Å²) in [6.07, 6.45) is 1.04. The lowest BCUT2D eigenvalue weighted by Crippen LogP contribution is -2.49. The van der Waals surface area contributed by atoms with Crippen LogP contribution in [0.25, 0.3) is 0 Å². The maximum Gasteiger partial charge on any atom is 0.322 e. The predicted molar refractivity (Wildman–Crippen MR) is 111 cm³/mol. The predicted octanol–water partition coefficient (Wildman–Crippen LogP) is 3.30. The van der Waals surface area contributed by atoms with E-state index in [0.717, 1.165) is 57.0 Å². The van der Waals surface area contributed by atoms with Crippen molar-refractivity contribution in [1.29, 1.82) is 0 Å². The van der Waals surface area contributed by atoms with Crippen molar-refractivity contribution in [1.82, 2.24) is 15.1 Å². The molecule has 2 aromatic rings. The van der Waals surface area contributed by atoms with Gasteiger partial charge in [-0.1, -0.05) is 24.3 Å². The van der Waals surface area contributed by atoms with Crippen LogP contribution in [0.15, 0.2) is 48.5 Å². The van der Waals surface area contributed by atoms with Gasteiger partial charge in [0.25, 0.3) is 0 Å². The number of piperazine rings is 1. The van der Waals surface area contributed by atoms with E-state index in [2.05, 4.69) is 15.5 Å². The van der Waals surface area contributed by atoms with Crippen LogP contribution in [0.4, 0.5) is 10.5 Å². The lowest BCUT2D eigenvalue weighted by atomic mass is 10.2. The number of anilines is 1. The minimum absolute atomic E-state index is 0.0575. The SMILES string of the molecule is Cc1cccc(Oc2ccccc2NC(=O)N2CCC(N3CCNCC3)C2)c1. The maximum absolute atomic E-state index is 12.8. The first-order valence-electron chi connectivity index (χ1n) is 10.0. The zero-order valence-corrected chi connectivity index (χ0v) is 16.4. The van der Waals surface area contributed by atoms with E-state index < -0.39 is 0 Å². The van der Waals surface area contributed by atoms with Gasteiger partial charge in [-0.05, 0) is 43.2 Å². The Morgan fingerprint density at radius 2 is 1.93 bits per heavy atom. The summed E-state index contributed by atoms with van der Waals surface area (Å²) in [6, 6.07) is 15.9. The van der Waals surface area contributed by atoms with Crippen molar-refractivity contribution >= 4 is 11.7 Å². The molecule has 0 radical (unpaired) electrons. The van der Waals surface area contributed by atoms with Crippen molar-refractivity contribution in [3.8, 4) is 11.5 Å². The largest absolute Gasteiger partial charge is 0.455 e. The molecule has 2 fully saturated rings. The maximum atomic E-state index is 12.8. The second kappa shape index (κ2) is 8.63. The number of carbonyl (C=O) groups excluding carboxylic acids is 1. The Bertz CT molecular complexity index is 820. The molecule has 2 N–H and O–H groups in total. The van der Waals surface area contributed by atoms with Gasteiger partial charge in [0.15, 0.2) is 5.75 Å². The number of rotatable bonds is 4. The first-order chi connectivity index (χ1) is 13.7. The minimum atomic E-state index is -0.0575. The third-order valence-electron chi connectivity index (χ3n) is 5.46. The molecule has 2 amide bonds. The fourth-order valence-electron chi connectivity index (χ4n) is 3.93. The summed E-state index contributed by atoms with van der Waals surface area (Å²) in [6.45, 7) is 7.80. The number of hydrogen-bond acceptors (Lipinski definition) is 4. The van der Waals surface area contributed by atoms with E-state index in [9.17, 15) is 4.79 Å². The monoisotopic (exact) mass is 380 g/mol. The number of carbonyl (C=O) groups is 1. The topological polar surface area (TPSA) is 56.8 Å². The van der Waals surface area contributed by atoms with Crippen LogP contribution >= 0.6 is 0 Å². The van der Waals surface area contributed by atoms with E-state index in [-0.39, 0.29) is 6.03 Å². The number of nitrogens with zero attached hydrogens (tertiary/aromatic N) is 2. The molecule has 2 heterocycles. The van der Waals surface area contributed by atoms with E-state index in [1.54, 1.807) is 0 Å². The fraction of sp³-hybridized carbons (Fsp3) is 0.409. The summed E-state index contributed by atoms with van der Waals surface area (Å²) < 4.78 is 6.02. The molecule has 4 rings (SSSR count). The van der Waals surface area contributed by atoms with Crippen LogP contribution in [0, 0.1) is 6.92 Å². The van der Waals surface area contributed by atoms with E-state index >= 15 is 0 Å². The van der Waals surface area contributed by atoms with E-state index in [4.69, 9.17) is 4.74 Å². The normalized spacial score (nSPS) is 20.2. The van der Waals surface area contributed by atoms with E-state index in [1.165, 1.54) is 0 Å². The summed E-state index contributed by atoms with van der Waals surface area (Å²) in [5, 5.41) is 6.43. The Morgan fingerprint density at radius 3 is 2.75 bits per heavy atom. The van der Waals surface area contributed by atoms with Crippen molar-refractivity contribution in [2.45, 2.75) is 19.4 Å². The molecule has 0 saturated carbocycles. The van der Waals surface area contributed by atoms with Crippen molar-refractivity contribution in [2.24, 2.45) is 0 Å². The number of ether oxygens (including phenoxy) is 1. The lowest BCUT2D eigenvalue weighted by molar-refractivity contribution is 0.172. The van der Waals surface area contributed by atoms with Gasteiger partial charge in [0.1, 0.15) is 5.75 Å². The van der Waals surface area contributed by atoms with Crippen LogP contribution in [0.2, 0.25) is 0 Å². The Morgan fingerprint density at radius 1 is 1.11 bits per heavy atom. The molecule has 0 aliphatic carbocycles. The Hall–Kier alpha value is -2.57. The highest BCUT2D eigenvalue weighted by Crippen LogP contribution is 2.30. The number of para-hydroxylation sites is 2. The number of likely N-dealkylation sites (tertiary alicyclic amines) is 1. The Balaban J connectivity index is 1.39. The molecule has 1 atom stereocenters. The third-order valence-corrected chi connectivity index (χ3v) is 5.46. The van der Waals surface area contributed by atoms with Gasteiger partial charge in [-0.2, -0.15) is 0 Å². The van der Waals surface area contributed by atoms with Gasteiger partial charge in [0.2, 0.25) is 0 Å². The van der Waals surface area contributed by atoms with Gasteiger partial charge in [-0.25, -0.2) is 4.79 Å². The van der Waals surface area contributed by atoms with Crippen molar-refractivity contribution in [3.05, 3.63) is 54.1 Å². The van der Waals surface area contributed by atoms with Crippen LogP contribution < -0.4 is 15.4 Å². The molecule has 6 nitrogen and oxygen atoms in total. The van der Waals surface area contributed by atoms with E-state index in [1.807, 2.05) is 60.4 Å². The first kappa shape index (κ1) is 18.8. The van der Waals surface area contributed by atoms with E-state index in [0.29, 0.717) is 17.5 Å². The molecule has 0 spiro atoms. The van der Waals surface area contributed by atoms with Gasteiger partial charge < -0.3 is 20.3 Å². The standard InChI is InChI=1S/C22H28N4O2/c1-17-5-4-6-19(15-17)28-21-8-3-2-7-20(21)24-22(27)26-12-9-18(16-26)25-13-10-23-11-14-25/h2-8,15,18,23H,9-14,16H2,1H3,(H,24,27). The van der Waals surface area contributed by atoms with Crippen LogP contribution in [0.3, 0.4) is 0 Å². The van der Waals surface area contributed by atoms with Crippen molar-refractivity contribution < 1.29 is 9.53 Å². The summed E-state index contributed by atoms with van der Waals surface area (Å²) in [7, 11) is 0. The van der Waals surface area contributed by atoms with Gasteiger partial charge in [-0.3, -0.25) is 4.90 Å². The van der Waals surface area contributed by atoms with Gasteiger partial charge in [-0.15, -0.1) is 0 Å². The highest BCUT2D eigenvalue weighted by molar-refractivity contribution is 5.91. The second-order valence-electron chi connectivity index (χ2n) is 7.52. The van der Waals surface area contributed by atoms with Gasteiger partial charge in [0, 0.05) is 45.3 Å². The third kappa shape index (κ3) is 4.46. The number of benzene rings is 2. The summed E-state index contributed by atoms with van der Waals surface area (Å²) in [4.78, 5) is 17.2. The summed E-state index contributed by atoms with van der Waals surface area (Å²) in [5.74, 6) is 1.42. The molecule has 2 aromatic carbocycles. The van der Waals surface area contributed by atoms with Crippen molar-refractivity contribution in [2.75, 3.05) is 44.6 Å². The minimum Gasteiger partial charge on any atom is -0.455 e. The number of hydrogen-bond donors (Lipinski definition) is 2. The fourth-order valence-corrected chi connectivity index (χ4v) is 3.93. The van der Waals surface area contributed by atoms with Crippen LogP contribution in [-0.2, 0) is 0 Å². The zero-order valence-electron chi connectivity index (χ0n) is 16.4. The number of nitrogens with one attached hydrogen (secondary N) is 2. The lowest BCUT2D eigenvalue weighted by Gasteiger charge is -2.32. The molecule has 0 bridgehead atoms. The molecule has 1 unspecified atom stereocenters. The van der Waals surface area contributed by atoms with Crippen LogP contribution in [-0.4, -0.2) is 61.1 Å². The highest BCUT2D eigenvalue weighted by atomic mass is 16.5. The molecular weight excluding hydrogens is 352 g/mol. The first-order valence-corrected chi connectivity index (χ1v) is 10.0.